The monoisotopic (exact) mass is 313 g/mol. The first kappa shape index (κ1) is 15.2. The number of nitrogens with zero attached hydrogens (tertiary/aromatic N) is 2. The summed E-state index contributed by atoms with van der Waals surface area (Å²) in [5.74, 6) is -1.48. The SMILES string of the molecule is CCOC(=O)c1n[nH]nc1-c1ccc(Cl)c(OCC)c1F. The van der Waals surface area contributed by atoms with Crippen LogP contribution in [-0.4, -0.2) is 34.6 Å². The van der Waals surface area contributed by atoms with Gasteiger partial charge in [-0.15, -0.1) is 5.10 Å². The van der Waals surface area contributed by atoms with Crippen LogP contribution in [0.3, 0.4) is 0 Å². The van der Waals surface area contributed by atoms with Crippen molar-refractivity contribution in [2.24, 2.45) is 0 Å². The molecule has 0 radical (unpaired) electrons. The van der Waals surface area contributed by atoms with Crippen molar-refractivity contribution in [1.82, 2.24) is 15.4 Å². The number of hydrogen-bond acceptors (Lipinski definition) is 5. The maximum Gasteiger partial charge on any atom is 0.361 e. The molecule has 0 saturated heterocycles. The summed E-state index contributed by atoms with van der Waals surface area (Å²) in [4.78, 5) is 11.8. The second kappa shape index (κ2) is 6.53. The maximum absolute atomic E-state index is 14.5. The lowest BCUT2D eigenvalue weighted by Crippen LogP contribution is -2.07. The van der Waals surface area contributed by atoms with E-state index in [2.05, 4.69) is 15.4 Å². The van der Waals surface area contributed by atoms with Crippen LogP contribution in [0.5, 0.6) is 5.75 Å². The van der Waals surface area contributed by atoms with Gasteiger partial charge in [0, 0.05) is 5.56 Å². The first-order valence-corrected chi connectivity index (χ1v) is 6.66. The number of H-pyrrole nitrogens is 1. The van der Waals surface area contributed by atoms with Crippen LogP contribution in [0.2, 0.25) is 5.02 Å². The molecule has 1 N–H and O–H groups in total. The molecule has 0 spiro atoms. The molecule has 2 rings (SSSR count). The zero-order chi connectivity index (χ0) is 15.4. The van der Waals surface area contributed by atoms with Crippen LogP contribution in [0.4, 0.5) is 4.39 Å². The van der Waals surface area contributed by atoms with Gasteiger partial charge in [0.15, 0.2) is 17.3 Å². The number of aromatic nitrogens is 3. The summed E-state index contributed by atoms with van der Waals surface area (Å²) in [5.41, 5.74) is 0.00347. The number of aromatic amines is 1. The number of halogens is 2. The highest BCUT2D eigenvalue weighted by Gasteiger charge is 2.24. The van der Waals surface area contributed by atoms with Gasteiger partial charge in [0.05, 0.1) is 18.2 Å². The van der Waals surface area contributed by atoms with Gasteiger partial charge in [-0.25, -0.2) is 9.18 Å². The van der Waals surface area contributed by atoms with Crippen molar-refractivity contribution >= 4 is 17.6 Å². The molecule has 21 heavy (non-hydrogen) atoms. The molecule has 6 nitrogen and oxygen atoms in total. The summed E-state index contributed by atoms with van der Waals surface area (Å²) in [6.07, 6.45) is 0. The Morgan fingerprint density at radius 1 is 1.33 bits per heavy atom. The molecule has 0 aliphatic heterocycles. The third-order valence-electron chi connectivity index (χ3n) is 2.61. The molecule has 1 aromatic heterocycles. The molecule has 112 valence electrons. The van der Waals surface area contributed by atoms with Crippen LogP contribution >= 0.6 is 11.6 Å². The molecule has 2 aromatic rings. The number of hydrogen-bond donors (Lipinski definition) is 1. The van der Waals surface area contributed by atoms with E-state index in [1.807, 2.05) is 0 Å². The number of esters is 1. The summed E-state index contributed by atoms with van der Waals surface area (Å²) in [5, 5.41) is 9.93. The van der Waals surface area contributed by atoms with Crippen LogP contribution in [0, 0.1) is 5.82 Å². The van der Waals surface area contributed by atoms with E-state index >= 15 is 0 Å². The largest absolute Gasteiger partial charge is 0.489 e. The van der Waals surface area contributed by atoms with Crippen molar-refractivity contribution < 1.29 is 18.7 Å². The van der Waals surface area contributed by atoms with Crippen LogP contribution < -0.4 is 4.74 Å². The van der Waals surface area contributed by atoms with Gasteiger partial charge in [-0.05, 0) is 26.0 Å². The minimum absolute atomic E-state index is 0.0450. The first-order chi connectivity index (χ1) is 10.1. The van der Waals surface area contributed by atoms with Crippen molar-refractivity contribution in [1.29, 1.82) is 0 Å². The van der Waals surface area contributed by atoms with E-state index in [1.165, 1.54) is 12.1 Å². The average Bonchev–Trinajstić information content (AvgIpc) is 2.93. The van der Waals surface area contributed by atoms with Crippen molar-refractivity contribution in [2.75, 3.05) is 13.2 Å². The number of benzene rings is 1. The van der Waals surface area contributed by atoms with Gasteiger partial charge in [-0.3, -0.25) is 0 Å². The Morgan fingerprint density at radius 2 is 2.10 bits per heavy atom. The molecule has 0 aliphatic carbocycles. The van der Waals surface area contributed by atoms with Crippen LogP contribution in [0.25, 0.3) is 11.3 Å². The number of nitrogens with one attached hydrogen (secondary N) is 1. The Labute approximate surface area is 125 Å². The number of carbonyl (C=O) groups is 1. The van der Waals surface area contributed by atoms with Gasteiger partial charge >= 0.3 is 5.97 Å². The Balaban J connectivity index is 2.51. The highest BCUT2D eigenvalue weighted by Crippen LogP contribution is 2.35. The molecule has 8 heteroatoms. The van der Waals surface area contributed by atoms with Crippen molar-refractivity contribution in [2.45, 2.75) is 13.8 Å². The van der Waals surface area contributed by atoms with Gasteiger partial charge in [0.2, 0.25) is 0 Å². The summed E-state index contributed by atoms with van der Waals surface area (Å²) in [6.45, 7) is 3.80. The van der Waals surface area contributed by atoms with E-state index < -0.39 is 11.8 Å². The normalized spacial score (nSPS) is 10.5. The van der Waals surface area contributed by atoms with E-state index in [1.54, 1.807) is 13.8 Å². The van der Waals surface area contributed by atoms with Gasteiger partial charge in [-0.1, -0.05) is 11.6 Å². The van der Waals surface area contributed by atoms with Crippen molar-refractivity contribution in [3.63, 3.8) is 0 Å². The minimum atomic E-state index is -0.705. The Bertz CT molecular complexity index is 660. The second-order valence-corrected chi connectivity index (χ2v) is 4.32. The zero-order valence-electron chi connectivity index (χ0n) is 11.4. The molecule has 0 saturated carbocycles. The van der Waals surface area contributed by atoms with Crippen LogP contribution in [-0.2, 0) is 4.74 Å². The molecular weight excluding hydrogens is 301 g/mol. The molecule has 0 fully saturated rings. The summed E-state index contributed by atoms with van der Waals surface area (Å²) in [6, 6.07) is 2.87. The lowest BCUT2D eigenvalue weighted by Gasteiger charge is -2.10. The fraction of sp³-hybridized carbons (Fsp3) is 0.308. The average molecular weight is 314 g/mol. The Morgan fingerprint density at radius 3 is 2.76 bits per heavy atom. The van der Waals surface area contributed by atoms with Gasteiger partial charge in [0.25, 0.3) is 0 Å². The lowest BCUT2D eigenvalue weighted by atomic mass is 10.1. The molecule has 1 aromatic carbocycles. The second-order valence-electron chi connectivity index (χ2n) is 3.91. The van der Waals surface area contributed by atoms with E-state index in [4.69, 9.17) is 21.1 Å². The Hall–Kier alpha value is -2.15. The van der Waals surface area contributed by atoms with E-state index in [-0.39, 0.29) is 40.9 Å². The van der Waals surface area contributed by atoms with E-state index in [9.17, 15) is 9.18 Å². The van der Waals surface area contributed by atoms with E-state index in [0.717, 1.165) is 0 Å². The van der Waals surface area contributed by atoms with Crippen molar-refractivity contribution in [3.8, 4) is 17.0 Å². The highest BCUT2D eigenvalue weighted by atomic mass is 35.5. The summed E-state index contributed by atoms with van der Waals surface area (Å²) < 4.78 is 24.5. The predicted octanol–water partition coefficient (Wildman–Crippen LogP) is 2.84. The third-order valence-corrected chi connectivity index (χ3v) is 2.91. The highest BCUT2D eigenvalue weighted by molar-refractivity contribution is 6.32. The standard InChI is InChI=1S/C13H13ClFN3O3/c1-3-20-12-8(14)6-5-7(9(12)15)10-11(17-18-16-10)13(19)21-4-2/h5-6H,3-4H2,1-2H3,(H,16,17,18). The van der Waals surface area contributed by atoms with Crippen LogP contribution in [0.1, 0.15) is 24.3 Å². The Kier molecular flexibility index (Phi) is 4.74. The number of carbonyl (C=O) groups excluding carboxylic acids is 1. The smallest absolute Gasteiger partial charge is 0.361 e. The number of rotatable bonds is 5. The fourth-order valence-corrected chi connectivity index (χ4v) is 1.95. The zero-order valence-corrected chi connectivity index (χ0v) is 12.2. The van der Waals surface area contributed by atoms with E-state index in [0.29, 0.717) is 0 Å². The minimum Gasteiger partial charge on any atom is -0.489 e. The van der Waals surface area contributed by atoms with Gasteiger partial charge in [0.1, 0.15) is 5.69 Å². The molecule has 1 heterocycles. The molecule has 0 bridgehead atoms. The van der Waals surface area contributed by atoms with Crippen LogP contribution in [0.15, 0.2) is 12.1 Å². The summed E-state index contributed by atoms with van der Waals surface area (Å²) >= 11 is 5.89. The van der Waals surface area contributed by atoms with Gasteiger partial charge < -0.3 is 9.47 Å². The summed E-state index contributed by atoms with van der Waals surface area (Å²) in [7, 11) is 0. The molecule has 0 amide bonds. The number of ether oxygens (including phenoxy) is 2. The molecule has 0 unspecified atom stereocenters. The topological polar surface area (TPSA) is 77.1 Å². The molecule has 0 aliphatic rings. The fourth-order valence-electron chi connectivity index (χ4n) is 1.75. The molecule has 0 atom stereocenters. The maximum atomic E-state index is 14.5. The quantitative estimate of drug-likeness (QED) is 0.859. The van der Waals surface area contributed by atoms with Crippen molar-refractivity contribution in [3.05, 3.63) is 28.7 Å². The molecular formula is C13H13ClFN3O3. The van der Waals surface area contributed by atoms with Gasteiger partial charge in [-0.2, -0.15) is 10.3 Å². The third kappa shape index (κ3) is 2.97. The first-order valence-electron chi connectivity index (χ1n) is 6.29. The predicted molar refractivity (Wildman–Crippen MR) is 73.9 cm³/mol. The lowest BCUT2D eigenvalue weighted by molar-refractivity contribution is 0.0520.